The molecule has 1 heterocycles. The average Bonchev–Trinajstić information content (AvgIpc) is 2.81. The SMILES string of the molecule is Cc1cccc(CNC(=O)[C@H](CC(=O)O)N2CN(C(=O)NCc3ccc(F)cc3)N(C)CC2=O)c1. The van der Waals surface area contributed by atoms with E-state index < -0.39 is 42.1 Å². The van der Waals surface area contributed by atoms with Gasteiger partial charge in [0.25, 0.3) is 0 Å². The smallest absolute Gasteiger partial charge is 0.333 e. The molecule has 0 aromatic heterocycles. The van der Waals surface area contributed by atoms with Crippen LogP contribution in [0, 0.1) is 12.7 Å². The number of benzene rings is 2. The Morgan fingerprint density at radius 2 is 1.74 bits per heavy atom. The molecule has 10 nitrogen and oxygen atoms in total. The lowest BCUT2D eigenvalue weighted by Gasteiger charge is -2.43. The summed E-state index contributed by atoms with van der Waals surface area (Å²) in [5, 5.41) is 17.4. The van der Waals surface area contributed by atoms with E-state index in [4.69, 9.17) is 0 Å². The standard InChI is InChI=1S/C24H28FN5O5/c1-16-4-3-5-18(10-16)13-26-23(34)20(11-22(32)33)29-15-30(28(2)14-21(29)31)24(35)27-12-17-6-8-19(25)9-7-17/h3-10,20H,11-15H2,1-2H3,(H,26,34)(H,27,35)(H,32,33)/t20-/m0/s1. The van der Waals surface area contributed by atoms with Gasteiger partial charge in [-0.3, -0.25) is 14.4 Å². The van der Waals surface area contributed by atoms with E-state index in [-0.39, 0.29) is 26.3 Å². The number of carboxylic acid groups (broad SMARTS) is 1. The molecule has 3 N–H and O–H groups in total. The number of likely N-dealkylation sites (N-methyl/N-ethyl adjacent to an activating group) is 1. The van der Waals surface area contributed by atoms with Gasteiger partial charge in [-0.25, -0.2) is 19.2 Å². The highest BCUT2D eigenvalue weighted by molar-refractivity contribution is 5.92. The molecule has 0 bridgehead atoms. The summed E-state index contributed by atoms with van der Waals surface area (Å²) in [7, 11) is 1.54. The first-order valence-electron chi connectivity index (χ1n) is 11.0. The molecule has 3 rings (SSSR count). The Bertz CT molecular complexity index is 1090. The maximum absolute atomic E-state index is 13.1. The van der Waals surface area contributed by atoms with Gasteiger partial charge >= 0.3 is 12.0 Å². The molecule has 0 unspecified atom stereocenters. The summed E-state index contributed by atoms with van der Waals surface area (Å²) in [6.07, 6.45) is -0.611. The van der Waals surface area contributed by atoms with Crippen molar-refractivity contribution in [1.29, 1.82) is 0 Å². The molecular formula is C24H28FN5O5. The van der Waals surface area contributed by atoms with Gasteiger partial charge in [0.05, 0.1) is 13.0 Å². The van der Waals surface area contributed by atoms with Gasteiger partial charge in [0, 0.05) is 20.1 Å². The Labute approximate surface area is 202 Å². The number of aryl methyl sites for hydroxylation is 1. The van der Waals surface area contributed by atoms with Crippen LogP contribution in [0.3, 0.4) is 0 Å². The molecule has 2 aromatic carbocycles. The van der Waals surface area contributed by atoms with Crippen LogP contribution in [0.2, 0.25) is 0 Å². The summed E-state index contributed by atoms with van der Waals surface area (Å²) in [6, 6.07) is 11.2. The highest BCUT2D eigenvalue weighted by Crippen LogP contribution is 2.15. The zero-order chi connectivity index (χ0) is 25.5. The molecule has 1 atom stereocenters. The van der Waals surface area contributed by atoms with Gasteiger partial charge in [0.15, 0.2) is 0 Å². The topological polar surface area (TPSA) is 122 Å². The van der Waals surface area contributed by atoms with Crippen LogP contribution in [-0.2, 0) is 27.5 Å². The number of halogens is 1. The quantitative estimate of drug-likeness (QED) is 0.520. The number of rotatable bonds is 8. The zero-order valence-corrected chi connectivity index (χ0v) is 19.5. The Morgan fingerprint density at radius 1 is 1.06 bits per heavy atom. The van der Waals surface area contributed by atoms with E-state index in [9.17, 15) is 28.7 Å². The van der Waals surface area contributed by atoms with Crippen LogP contribution < -0.4 is 10.6 Å². The van der Waals surface area contributed by atoms with E-state index in [1.54, 1.807) is 0 Å². The second-order valence-electron chi connectivity index (χ2n) is 8.33. The van der Waals surface area contributed by atoms with Crippen molar-refractivity contribution in [3.8, 4) is 0 Å². The van der Waals surface area contributed by atoms with Gasteiger partial charge in [0.2, 0.25) is 11.8 Å². The van der Waals surface area contributed by atoms with Gasteiger partial charge in [-0.05, 0) is 30.2 Å². The number of carbonyl (C=O) groups is 4. The van der Waals surface area contributed by atoms with Crippen molar-refractivity contribution < 1.29 is 28.7 Å². The summed E-state index contributed by atoms with van der Waals surface area (Å²) in [4.78, 5) is 51.1. The van der Waals surface area contributed by atoms with E-state index in [1.807, 2.05) is 31.2 Å². The molecular weight excluding hydrogens is 457 g/mol. The van der Waals surface area contributed by atoms with Crippen LogP contribution in [0.15, 0.2) is 48.5 Å². The lowest BCUT2D eigenvalue weighted by molar-refractivity contribution is -0.160. The second-order valence-corrected chi connectivity index (χ2v) is 8.33. The first-order valence-corrected chi connectivity index (χ1v) is 11.0. The molecule has 11 heteroatoms. The molecule has 1 aliphatic rings. The number of urea groups is 1. The summed E-state index contributed by atoms with van der Waals surface area (Å²) in [5.74, 6) is -2.75. The van der Waals surface area contributed by atoms with Crippen molar-refractivity contribution in [2.45, 2.75) is 32.5 Å². The number of carbonyl (C=O) groups excluding carboxylic acids is 3. The van der Waals surface area contributed by atoms with Crippen molar-refractivity contribution in [2.75, 3.05) is 20.3 Å². The Balaban J connectivity index is 1.69. The summed E-state index contributed by atoms with van der Waals surface area (Å²) < 4.78 is 13.1. The first-order chi connectivity index (χ1) is 16.6. The summed E-state index contributed by atoms with van der Waals surface area (Å²) >= 11 is 0. The monoisotopic (exact) mass is 485 g/mol. The molecule has 0 spiro atoms. The maximum Gasteiger partial charge on any atom is 0.333 e. The van der Waals surface area contributed by atoms with Crippen LogP contribution in [-0.4, -0.2) is 70.1 Å². The van der Waals surface area contributed by atoms with Crippen LogP contribution in [0.25, 0.3) is 0 Å². The van der Waals surface area contributed by atoms with Gasteiger partial charge in [-0.1, -0.05) is 42.0 Å². The van der Waals surface area contributed by atoms with E-state index >= 15 is 0 Å². The molecule has 186 valence electrons. The van der Waals surface area contributed by atoms with E-state index in [2.05, 4.69) is 10.6 Å². The number of hydrogen-bond donors (Lipinski definition) is 3. The van der Waals surface area contributed by atoms with Crippen molar-refractivity contribution in [1.82, 2.24) is 25.6 Å². The molecule has 0 aliphatic carbocycles. The molecule has 2 aromatic rings. The Hall–Kier alpha value is -3.99. The summed E-state index contributed by atoms with van der Waals surface area (Å²) in [6.45, 7) is 1.68. The minimum absolute atomic E-state index is 0.118. The number of aliphatic carboxylic acids is 1. The van der Waals surface area contributed by atoms with Crippen molar-refractivity contribution in [3.63, 3.8) is 0 Å². The minimum Gasteiger partial charge on any atom is -0.481 e. The molecule has 0 saturated carbocycles. The zero-order valence-electron chi connectivity index (χ0n) is 19.5. The molecule has 1 aliphatic heterocycles. The predicted octanol–water partition coefficient (Wildman–Crippen LogP) is 1.45. The molecule has 4 amide bonds. The van der Waals surface area contributed by atoms with Gasteiger partial charge < -0.3 is 20.6 Å². The maximum atomic E-state index is 13.1. The summed E-state index contributed by atoms with van der Waals surface area (Å²) in [5.41, 5.74) is 2.51. The van der Waals surface area contributed by atoms with Crippen LogP contribution in [0.5, 0.6) is 0 Å². The fourth-order valence-corrected chi connectivity index (χ4v) is 3.70. The first kappa shape index (κ1) is 25.6. The van der Waals surface area contributed by atoms with Gasteiger partial charge in [0.1, 0.15) is 18.5 Å². The fourth-order valence-electron chi connectivity index (χ4n) is 3.70. The number of hydrazine groups is 1. The normalized spacial score (nSPS) is 15.0. The molecule has 1 fully saturated rings. The lowest BCUT2D eigenvalue weighted by atomic mass is 10.1. The fraction of sp³-hybridized carbons (Fsp3) is 0.333. The third kappa shape index (κ3) is 7.00. The molecule has 1 saturated heterocycles. The van der Waals surface area contributed by atoms with Crippen LogP contribution >= 0.6 is 0 Å². The highest BCUT2D eigenvalue weighted by Gasteiger charge is 2.39. The Morgan fingerprint density at radius 3 is 2.40 bits per heavy atom. The Kier molecular flexibility index (Phi) is 8.37. The number of amides is 4. The second kappa shape index (κ2) is 11.4. The largest absolute Gasteiger partial charge is 0.481 e. The number of nitrogens with one attached hydrogen (secondary N) is 2. The van der Waals surface area contributed by atoms with E-state index in [1.165, 1.54) is 41.3 Å². The van der Waals surface area contributed by atoms with Crippen molar-refractivity contribution >= 4 is 23.8 Å². The van der Waals surface area contributed by atoms with Crippen molar-refractivity contribution in [2.24, 2.45) is 0 Å². The number of hydrogen-bond acceptors (Lipinski definition) is 5. The van der Waals surface area contributed by atoms with Crippen LogP contribution in [0.1, 0.15) is 23.1 Å². The third-order valence-corrected chi connectivity index (χ3v) is 5.57. The minimum atomic E-state index is -1.30. The van der Waals surface area contributed by atoms with Crippen LogP contribution in [0.4, 0.5) is 9.18 Å². The average molecular weight is 486 g/mol. The molecule has 0 radical (unpaired) electrons. The van der Waals surface area contributed by atoms with E-state index in [0.29, 0.717) is 5.56 Å². The highest BCUT2D eigenvalue weighted by atomic mass is 19.1. The predicted molar refractivity (Wildman–Crippen MR) is 124 cm³/mol. The number of nitrogens with zero attached hydrogens (tertiary/aromatic N) is 3. The molecule has 35 heavy (non-hydrogen) atoms. The van der Waals surface area contributed by atoms with Gasteiger partial charge in [-0.2, -0.15) is 0 Å². The lowest BCUT2D eigenvalue weighted by Crippen LogP contribution is -2.65. The van der Waals surface area contributed by atoms with Crippen molar-refractivity contribution in [3.05, 3.63) is 71.0 Å². The number of carboxylic acids is 1. The van der Waals surface area contributed by atoms with E-state index in [0.717, 1.165) is 16.0 Å². The van der Waals surface area contributed by atoms with Gasteiger partial charge in [-0.15, -0.1) is 0 Å². The third-order valence-electron chi connectivity index (χ3n) is 5.57.